The molecule has 3 nitrogen and oxygen atoms in total. The van der Waals surface area contributed by atoms with E-state index in [4.69, 9.17) is 4.74 Å². The van der Waals surface area contributed by atoms with Gasteiger partial charge in [0, 0.05) is 5.69 Å². The van der Waals surface area contributed by atoms with Crippen LogP contribution in [0, 0.1) is 0 Å². The summed E-state index contributed by atoms with van der Waals surface area (Å²) in [5.74, 6) is 0.227. The predicted octanol–water partition coefficient (Wildman–Crippen LogP) is 4.11. The summed E-state index contributed by atoms with van der Waals surface area (Å²) in [6, 6.07) is 13.5. The van der Waals surface area contributed by atoms with Crippen LogP contribution in [0.25, 0.3) is 0 Å². The van der Waals surface area contributed by atoms with Crippen LogP contribution in [0.4, 0.5) is 18.9 Å². The van der Waals surface area contributed by atoms with Crippen LogP contribution in [0.15, 0.2) is 54.6 Å². The molecule has 2 aromatic carbocycles. The number of ether oxygens (including phenoxy) is 1. The van der Waals surface area contributed by atoms with Crippen molar-refractivity contribution < 1.29 is 22.7 Å². The number of halogens is 3. The molecule has 0 fully saturated rings. The summed E-state index contributed by atoms with van der Waals surface area (Å²) in [5.41, 5.74) is -0.689. The van der Waals surface area contributed by atoms with Gasteiger partial charge in [0.25, 0.3) is 0 Å². The van der Waals surface area contributed by atoms with E-state index in [9.17, 15) is 18.0 Å². The molecule has 0 aliphatic heterocycles. The fraction of sp³-hybridized carbons (Fsp3) is 0.188. The van der Waals surface area contributed by atoms with Crippen LogP contribution < -0.4 is 10.1 Å². The van der Waals surface area contributed by atoms with Crippen molar-refractivity contribution in [3.8, 4) is 5.75 Å². The first-order valence-electron chi connectivity index (χ1n) is 6.60. The van der Waals surface area contributed by atoms with Gasteiger partial charge in [0.2, 0.25) is 5.91 Å². The standard InChI is InChI=1S/C16H14F3NO2/c17-16(18,19)12-5-4-6-13(11-12)20-15(21)9-10-22-14-7-2-1-3-8-14/h1-8,11H,9-10H2,(H,20,21). The average Bonchev–Trinajstić information content (AvgIpc) is 2.48. The van der Waals surface area contributed by atoms with Crippen molar-refractivity contribution in [2.45, 2.75) is 12.6 Å². The number of carbonyl (C=O) groups is 1. The van der Waals surface area contributed by atoms with Crippen LogP contribution in [0.3, 0.4) is 0 Å². The molecule has 0 heterocycles. The van der Waals surface area contributed by atoms with Crippen LogP contribution in [0.2, 0.25) is 0 Å². The zero-order chi connectivity index (χ0) is 16.0. The van der Waals surface area contributed by atoms with E-state index in [0.717, 1.165) is 12.1 Å². The first-order chi connectivity index (χ1) is 10.4. The lowest BCUT2D eigenvalue weighted by molar-refractivity contribution is -0.137. The van der Waals surface area contributed by atoms with E-state index in [1.54, 1.807) is 24.3 Å². The summed E-state index contributed by atoms with van der Waals surface area (Å²) in [6.45, 7) is 0.148. The Bertz CT molecular complexity index is 627. The lowest BCUT2D eigenvalue weighted by Gasteiger charge is -2.10. The predicted molar refractivity (Wildman–Crippen MR) is 76.6 cm³/mol. The number of anilines is 1. The smallest absolute Gasteiger partial charge is 0.416 e. The molecule has 0 saturated carbocycles. The molecule has 6 heteroatoms. The van der Waals surface area contributed by atoms with E-state index < -0.39 is 17.6 Å². The minimum absolute atomic E-state index is 0.0468. The lowest BCUT2D eigenvalue weighted by Crippen LogP contribution is -2.15. The molecular formula is C16H14F3NO2. The fourth-order valence-electron chi connectivity index (χ4n) is 1.78. The van der Waals surface area contributed by atoms with Gasteiger partial charge in [-0.15, -0.1) is 0 Å². The zero-order valence-electron chi connectivity index (χ0n) is 11.6. The molecule has 0 atom stereocenters. The number of hydrogen-bond acceptors (Lipinski definition) is 2. The summed E-state index contributed by atoms with van der Waals surface area (Å²) < 4.78 is 43.0. The Morgan fingerprint density at radius 3 is 2.45 bits per heavy atom. The molecule has 22 heavy (non-hydrogen) atoms. The molecule has 0 aromatic heterocycles. The van der Waals surface area contributed by atoms with E-state index in [1.165, 1.54) is 12.1 Å². The third-order valence-corrected chi connectivity index (χ3v) is 2.81. The highest BCUT2D eigenvalue weighted by Crippen LogP contribution is 2.30. The second kappa shape index (κ2) is 6.98. The van der Waals surface area contributed by atoms with Crippen molar-refractivity contribution in [1.29, 1.82) is 0 Å². The van der Waals surface area contributed by atoms with Gasteiger partial charge < -0.3 is 10.1 Å². The summed E-state index contributed by atoms with van der Waals surface area (Å²) in [7, 11) is 0. The number of hydrogen-bond donors (Lipinski definition) is 1. The Morgan fingerprint density at radius 2 is 1.77 bits per heavy atom. The van der Waals surface area contributed by atoms with Crippen molar-refractivity contribution in [2.24, 2.45) is 0 Å². The number of para-hydroxylation sites is 1. The zero-order valence-corrected chi connectivity index (χ0v) is 11.6. The topological polar surface area (TPSA) is 38.3 Å². The quantitative estimate of drug-likeness (QED) is 0.902. The molecule has 0 aliphatic carbocycles. The summed E-state index contributed by atoms with van der Waals surface area (Å²) in [5, 5.41) is 2.42. The third-order valence-electron chi connectivity index (χ3n) is 2.81. The van der Waals surface area contributed by atoms with E-state index in [2.05, 4.69) is 5.32 Å². The van der Waals surface area contributed by atoms with Crippen molar-refractivity contribution in [1.82, 2.24) is 0 Å². The van der Waals surface area contributed by atoms with Crippen molar-refractivity contribution >= 4 is 11.6 Å². The summed E-state index contributed by atoms with van der Waals surface area (Å²) in [6.07, 6.45) is -4.39. The SMILES string of the molecule is O=C(CCOc1ccccc1)Nc1cccc(C(F)(F)F)c1. The second-order valence-corrected chi connectivity index (χ2v) is 4.54. The summed E-state index contributed by atoms with van der Waals surface area (Å²) in [4.78, 5) is 11.7. The normalized spacial score (nSPS) is 11.0. The molecule has 0 aliphatic rings. The van der Waals surface area contributed by atoms with Gasteiger partial charge in [0.15, 0.2) is 0 Å². The largest absolute Gasteiger partial charge is 0.493 e. The lowest BCUT2D eigenvalue weighted by atomic mass is 10.2. The van der Waals surface area contributed by atoms with Gasteiger partial charge in [-0.2, -0.15) is 13.2 Å². The Hall–Kier alpha value is -2.50. The number of amides is 1. The highest BCUT2D eigenvalue weighted by molar-refractivity contribution is 5.90. The maximum Gasteiger partial charge on any atom is 0.416 e. The van der Waals surface area contributed by atoms with E-state index in [1.807, 2.05) is 6.07 Å². The second-order valence-electron chi connectivity index (χ2n) is 4.54. The minimum Gasteiger partial charge on any atom is -0.493 e. The molecule has 2 rings (SSSR count). The molecule has 1 amide bonds. The minimum atomic E-state index is -4.43. The Balaban J connectivity index is 1.84. The van der Waals surface area contributed by atoms with Gasteiger partial charge >= 0.3 is 6.18 Å². The van der Waals surface area contributed by atoms with Crippen molar-refractivity contribution in [2.75, 3.05) is 11.9 Å². The average molecular weight is 309 g/mol. The van der Waals surface area contributed by atoms with Gasteiger partial charge in [-0.1, -0.05) is 24.3 Å². The molecule has 2 aromatic rings. The summed E-state index contributed by atoms with van der Waals surface area (Å²) >= 11 is 0. The molecular weight excluding hydrogens is 295 g/mol. The molecule has 0 saturated heterocycles. The Labute approximate surface area is 125 Å². The van der Waals surface area contributed by atoms with Gasteiger partial charge in [-0.3, -0.25) is 4.79 Å². The van der Waals surface area contributed by atoms with Crippen LogP contribution in [-0.2, 0) is 11.0 Å². The fourth-order valence-corrected chi connectivity index (χ4v) is 1.78. The monoisotopic (exact) mass is 309 g/mol. The molecule has 116 valence electrons. The highest BCUT2D eigenvalue weighted by atomic mass is 19.4. The maximum atomic E-state index is 12.6. The first-order valence-corrected chi connectivity index (χ1v) is 6.60. The van der Waals surface area contributed by atoms with Gasteiger partial charge in [0.1, 0.15) is 5.75 Å². The molecule has 0 unspecified atom stereocenters. The molecule has 0 bridgehead atoms. The van der Waals surface area contributed by atoms with Crippen molar-refractivity contribution in [3.63, 3.8) is 0 Å². The van der Waals surface area contributed by atoms with E-state index in [0.29, 0.717) is 5.75 Å². The first kappa shape index (κ1) is 15.9. The van der Waals surface area contributed by atoms with Gasteiger partial charge in [-0.25, -0.2) is 0 Å². The number of rotatable bonds is 5. The number of carbonyl (C=O) groups excluding carboxylic acids is 1. The van der Waals surface area contributed by atoms with E-state index >= 15 is 0 Å². The van der Waals surface area contributed by atoms with Gasteiger partial charge in [-0.05, 0) is 30.3 Å². The number of alkyl halides is 3. The Morgan fingerprint density at radius 1 is 1.05 bits per heavy atom. The van der Waals surface area contributed by atoms with Crippen molar-refractivity contribution in [3.05, 3.63) is 60.2 Å². The maximum absolute atomic E-state index is 12.6. The third kappa shape index (κ3) is 4.80. The number of nitrogens with one attached hydrogen (secondary N) is 1. The van der Waals surface area contributed by atoms with Crippen LogP contribution >= 0.6 is 0 Å². The molecule has 0 spiro atoms. The molecule has 0 radical (unpaired) electrons. The van der Waals surface area contributed by atoms with Crippen LogP contribution in [0.5, 0.6) is 5.75 Å². The van der Waals surface area contributed by atoms with Crippen LogP contribution in [-0.4, -0.2) is 12.5 Å². The van der Waals surface area contributed by atoms with Crippen LogP contribution in [0.1, 0.15) is 12.0 Å². The van der Waals surface area contributed by atoms with E-state index in [-0.39, 0.29) is 18.7 Å². The Kier molecular flexibility index (Phi) is 5.04. The molecule has 1 N–H and O–H groups in total. The highest BCUT2D eigenvalue weighted by Gasteiger charge is 2.30. The number of benzene rings is 2. The van der Waals surface area contributed by atoms with Gasteiger partial charge in [0.05, 0.1) is 18.6 Å².